The van der Waals surface area contributed by atoms with Crippen LogP contribution in [0.1, 0.15) is 44.8 Å². The molecule has 1 N–H and O–H groups in total. The number of aliphatic hydroxyl groups excluding tert-OH is 1. The summed E-state index contributed by atoms with van der Waals surface area (Å²) in [5, 5.41) is 11.1. The van der Waals surface area contributed by atoms with Crippen molar-refractivity contribution in [2.45, 2.75) is 45.3 Å². The van der Waals surface area contributed by atoms with Crippen LogP contribution in [-0.2, 0) is 4.74 Å². The predicted molar refractivity (Wildman–Crippen MR) is 91.3 cm³/mol. The Bertz CT molecular complexity index is 641. The van der Waals surface area contributed by atoms with Crippen LogP contribution in [-0.4, -0.2) is 32.0 Å². The zero-order chi connectivity index (χ0) is 17.1. The molecule has 0 radical (unpaired) electrons. The van der Waals surface area contributed by atoms with Crippen molar-refractivity contribution in [3.63, 3.8) is 0 Å². The van der Waals surface area contributed by atoms with Crippen LogP contribution in [0.3, 0.4) is 0 Å². The second-order valence-corrected chi connectivity index (χ2v) is 8.35. The van der Waals surface area contributed by atoms with Crippen molar-refractivity contribution in [1.82, 2.24) is 0 Å². The van der Waals surface area contributed by atoms with Gasteiger partial charge in [0.2, 0.25) is 0 Å². The molecule has 3 aliphatic rings. The molecule has 3 fully saturated rings. The Labute approximate surface area is 144 Å². The molecule has 4 heteroatoms. The molecular weight excluding hydrogens is 304 g/mol. The van der Waals surface area contributed by atoms with Gasteiger partial charge in [-0.2, -0.15) is 0 Å². The van der Waals surface area contributed by atoms with E-state index < -0.39 is 0 Å². The fourth-order valence-electron chi connectivity index (χ4n) is 5.78. The Morgan fingerprint density at radius 2 is 2.00 bits per heavy atom. The molecule has 1 spiro atoms. The Morgan fingerprint density at radius 1 is 1.21 bits per heavy atom. The van der Waals surface area contributed by atoms with Crippen LogP contribution < -0.4 is 9.47 Å². The van der Waals surface area contributed by atoms with E-state index in [9.17, 15) is 5.11 Å². The third-order valence-corrected chi connectivity index (χ3v) is 7.18. The van der Waals surface area contributed by atoms with Crippen molar-refractivity contribution < 1.29 is 19.3 Å². The SMILES string of the molecule is COc1ccc([C@H]2OCC[C@@]34C[C@@H](C[C@H]23)C(C)(C)[C@H]4O)c(OC)c1. The highest BCUT2D eigenvalue weighted by Gasteiger charge is 2.68. The second kappa shape index (κ2) is 5.37. The van der Waals surface area contributed by atoms with Crippen LogP contribution in [0.25, 0.3) is 0 Å². The van der Waals surface area contributed by atoms with Crippen molar-refractivity contribution in [2.75, 3.05) is 20.8 Å². The van der Waals surface area contributed by atoms with E-state index in [1.54, 1.807) is 14.2 Å². The van der Waals surface area contributed by atoms with Gasteiger partial charge in [0, 0.05) is 23.7 Å². The fourth-order valence-corrected chi connectivity index (χ4v) is 5.78. The van der Waals surface area contributed by atoms with Crippen molar-refractivity contribution in [3.8, 4) is 11.5 Å². The van der Waals surface area contributed by atoms with Crippen LogP contribution >= 0.6 is 0 Å². The summed E-state index contributed by atoms with van der Waals surface area (Å²) in [7, 11) is 3.35. The first-order valence-corrected chi connectivity index (χ1v) is 8.95. The van der Waals surface area contributed by atoms with Gasteiger partial charge in [0.05, 0.1) is 26.4 Å². The smallest absolute Gasteiger partial charge is 0.128 e. The lowest BCUT2D eigenvalue weighted by Gasteiger charge is -2.51. The Morgan fingerprint density at radius 3 is 2.67 bits per heavy atom. The molecule has 0 aromatic heterocycles. The second-order valence-electron chi connectivity index (χ2n) is 8.35. The number of ether oxygens (including phenoxy) is 3. The van der Waals surface area contributed by atoms with Gasteiger partial charge in [-0.05, 0) is 48.6 Å². The van der Waals surface area contributed by atoms with Crippen LogP contribution in [0.15, 0.2) is 18.2 Å². The van der Waals surface area contributed by atoms with Gasteiger partial charge in [-0.15, -0.1) is 0 Å². The molecule has 2 saturated carbocycles. The third-order valence-electron chi connectivity index (χ3n) is 7.18. The van der Waals surface area contributed by atoms with Gasteiger partial charge in [0.25, 0.3) is 0 Å². The minimum absolute atomic E-state index is 0.00201. The van der Waals surface area contributed by atoms with Crippen molar-refractivity contribution in [1.29, 1.82) is 0 Å². The third kappa shape index (κ3) is 1.99. The summed E-state index contributed by atoms with van der Waals surface area (Å²) in [4.78, 5) is 0. The summed E-state index contributed by atoms with van der Waals surface area (Å²) in [6.45, 7) is 5.16. The van der Waals surface area contributed by atoms with E-state index >= 15 is 0 Å². The van der Waals surface area contributed by atoms with Crippen LogP contribution in [0.4, 0.5) is 0 Å². The average Bonchev–Trinajstić information content (AvgIpc) is 3.08. The van der Waals surface area contributed by atoms with Crippen LogP contribution in [0.2, 0.25) is 0 Å². The predicted octanol–water partition coefficient (Wildman–Crippen LogP) is 3.58. The summed E-state index contributed by atoms with van der Waals surface area (Å²) < 4.78 is 17.2. The highest BCUT2D eigenvalue weighted by molar-refractivity contribution is 5.43. The lowest BCUT2D eigenvalue weighted by molar-refractivity contribution is -0.164. The van der Waals surface area contributed by atoms with Gasteiger partial charge in [0.15, 0.2) is 0 Å². The minimum atomic E-state index is -0.246. The summed E-state index contributed by atoms with van der Waals surface area (Å²) in [6.07, 6.45) is 2.97. The number of hydrogen-bond donors (Lipinski definition) is 1. The normalized spacial score (nSPS) is 39.5. The summed E-state index contributed by atoms with van der Waals surface area (Å²) in [5.41, 5.74) is 1.10. The lowest BCUT2D eigenvalue weighted by Crippen LogP contribution is -2.51. The number of methoxy groups -OCH3 is 2. The Balaban J connectivity index is 1.72. The zero-order valence-electron chi connectivity index (χ0n) is 15.0. The van der Waals surface area contributed by atoms with Crippen molar-refractivity contribution >= 4 is 0 Å². The molecule has 4 nitrogen and oxygen atoms in total. The van der Waals surface area contributed by atoms with Gasteiger partial charge in [-0.3, -0.25) is 0 Å². The molecule has 0 amide bonds. The zero-order valence-corrected chi connectivity index (χ0v) is 15.0. The fraction of sp³-hybridized carbons (Fsp3) is 0.700. The highest BCUT2D eigenvalue weighted by atomic mass is 16.5. The van der Waals surface area contributed by atoms with Crippen LogP contribution in [0, 0.1) is 22.7 Å². The summed E-state index contributed by atoms with van der Waals surface area (Å²) in [6, 6.07) is 5.95. The molecule has 1 saturated heterocycles. The van der Waals surface area contributed by atoms with E-state index in [1.165, 1.54) is 0 Å². The van der Waals surface area contributed by atoms with E-state index in [4.69, 9.17) is 14.2 Å². The summed E-state index contributed by atoms with van der Waals surface area (Å²) >= 11 is 0. The van der Waals surface area contributed by atoms with E-state index in [0.717, 1.165) is 36.3 Å². The minimum Gasteiger partial charge on any atom is -0.497 e. The number of rotatable bonds is 3. The monoisotopic (exact) mass is 332 g/mol. The van der Waals surface area contributed by atoms with Crippen molar-refractivity contribution in [3.05, 3.63) is 23.8 Å². The lowest BCUT2D eigenvalue weighted by atomic mass is 9.60. The first kappa shape index (κ1) is 16.2. The number of fused-ring (bicyclic) bond motifs is 1. The molecule has 2 bridgehead atoms. The van der Waals surface area contributed by atoms with Crippen LogP contribution in [0.5, 0.6) is 11.5 Å². The molecule has 0 unspecified atom stereocenters. The molecule has 5 atom stereocenters. The molecular formula is C20H28O4. The van der Waals surface area contributed by atoms with E-state index in [0.29, 0.717) is 18.4 Å². The maximum Gasteiger partial charge on any atom is 0.128 e. The van der Waals surface area contributed by atoms with E-state index in [2.05, 4.69) is 19.9 Å². The molecule has 1 aliphatic heterocycles. The molecule has 1 heterocycles. The van der Waals surface area contributed by atoms with Crippen molar-refractivity contribution in [2.24, 2.45) is 22.7 Å². The standard InChI is InChI=1S/C20H28O4/c1-19(2)12-9-15-17(24-8-7-20(15,11-12)18(19)21)14-6-5-13(22-3)10-16(14)23-4/h5-6,10,12,15,17-18,21H,7-9,11H2,1-4H3/t12-,15-,17-,18-,20-/m1/s1. The highest BCUT2D eigenvalue weighted by Crippen LogP contribution is 2.70. The largest absolute Gasteiger partial charge is 0.497 e. The van der Waals surface area contributed by atoms with Gasteiger partial charge >= 0.3 is 0 Å². The van der Waals surface area contributed by atoms with Gasteiger partial charge < -0.3 is 19.3 Å². The molecule has 132 valence electrons. The molecule has 2 aliphatic carbocycles. The van der Waals surface area contributed by atoms with E-state index in [1.807, 2.05) is 12.1 Å². The average molecular weight is 332 g/mol. The Hall–Kier alpha value is -1.26. The topological polar surface area (TPSA) is 47.9 Å². The van der Waals surface area contributed by atoms with Gasteiger partial charge in [-0.25, -0.2) is 0 Å². The summed E-state index contributed by atoms with van der Waals surface area (Å²) in [5.74, 6) is 2.54. The Kier molecular flexibility index (Phi) is 3.63. The molecule has 4 rings (SSSR count). The number of benzene rings is 1. The molecule has 1 aromatic rings. The molecule has 24 heavy (non-hydrogen) atoms. The molecule has 1 aromatic carbocycles. The maximum absolute atomic E-state index is 11.1. The maximum atomic E-state index is 11.1. The van der Waals surface area contributed by atoms with Gasteiger partial charge in [0.1, 0.15) is 11.5 Å². The first-order valence-electron chi connectivity index (χ1n) is 8.95. The van der Waals surface area contributed by atoms with E-state index in [-0.39, 0.29) is 23.0 Å². The first-order chi connectivity index (χ1) is 11.4. The van der Waals surface area contributed by atoms with Gasteiger partial charge in [-0.1, -0.05) is 13.8 Å². The quantitative estimate of drug-likeness (QED) is 0.919. The number of aliphatic hydroxyl groups is 1. The number of hydrogen-bond acceptors (Lipinski definition) is 4.